The minimum atomic E-state index is 0.0465. The van der Waals surface area contributed by atoms with Crippen molar-refractivity contribution in [3.8, 4) is 31.5 Å². The molecule has 3 aromatic heterocycles. The summed E-state index contributed by atoms with van der Waals surface area (Å²) in [6, 6.07) is 30.7. The molecule has 0 saturated carbocycles. The lowest BCUT2D eigenvalue weighted by Crippen LogP contribution is -2.12. The molecule has 6 rings (SSSR count). The van der Waals surface area contributed by atoms with Gasteiger partial charge in [0.05, 0.1) is 10.4 Å². The van der Waals surface area contributed by atoms with Crippen LogP contribution < -0.4 is 0 Å². The lowest BCUT2D eigenvalue weighted by Gasteiger charge is -2.22. The molecule has 0 spiro atoms. The third kappa shape index (κ3) is 3.89. The summed E-state index contributed by atoms with van der Waals surface area (Å²) in [6.07, 6.45) is 1.97. The van der Waals surface area contributed by atoms with E-state index in [1.54, 1.807) is 0 Å². The molecular weight excluding hydrogens is 462 g/mol. The van der Waals surface area contributed by atoms with E-state index in [0.29, 0.717) is 0 Å². The molecule has 6 aromatic rings. The summed E-state index contributed by atoms with van der Waals surface area (Å²) >= 11 is 3.74. The summed E-state index contributed by atoms with van der Waals surface area (Å²) in [6.45, 7) is 9.13. The van der Waals surface area contributed by atoms with Crippen LogP contribution in [0.3, 0.4) is 0 Å². The largest absolute Gasteiger partial charge is 0.255 e. The monoisotopic (exact) mass is 489 g/mol. The quantitative estimate of drug-likeness (QED) is 0.241. The van der Waals surface area contributed by atoms with E-state index in [1.807, 2.05) is 28.9 Å². The minimum absolute atomic E-state index is 0.0465. The molecule has 35 heavy (non-hydrogen) atoms. The van der Waals surface area contributed by atoms with Crippen molar-refractivity contribution < 1.29 is 0 Å². The number of pyridine rings is 1. The van der Waals surface area contributed by atoms with Crippen LogP contribution in [0.5, 0.6) is 0 Å². The molecule has 1 nitrogen and oxygen atoms in total. The van der Waals surface area contributed by atoms with Gasteiger partial charge < -0.3 is 0 Å². The van der Waals surface area contributed by atoms with Crippen molar-refractivity contribution in [2.24, 2.45) is 0 Å². The van der Waals surface area contributed by atoms with Gasteiger partial charge in [0.2, 0.25) is 0 Å². The molecule has 0 aliphatic heterocycles. The summed E-state index contributed by atoms with van der Waals surface area (Å²) in [5, 5.41) is 3.90. The number of hydrogen-bond donors (Lipinski definition) is 0. The van der Waals surface area contributed by atoms with Crippen LogP contribution in [0.25, 0.3) is 52.3 Å². The predicted octanol–water partition coefficient (Wildman–Crippen LogP) is 10.1. The molecule has 0 unspecified atom stereocenters. The fourth-order valence-electron chi connectivity index (χ4n) is 4.87. The van der Waals surface area contributed by atoms with Crippen molar-refractivity contribution in [2.75, 3.05) is 0 Å². The maximum Gasteiger partial charge on any atom is 0.0880 e. The van der Waals surface area contributed by atoms with Crippen molar-refractivity contribution in [2.45, 2.75) is 33.1 Å². The molecule has 0 saturated heterocycles. The Hall–Kier alpha value is -3.27. The van der Waals surface area contributed by atoms with Crippen LogP contribution in [-0.4, -0.2) is 4.98 Å². The number of aromatic nitrogens is 1. The van der Waals surface area contributed by atoms with Crippen LogP contribution in [0.4, 0.5) is 0 Å². The number of thiophene rings is 2. The Kier molecular flexibility index (Phi) is 5.36. The molecule has 0 radical (unpaired) electrons. The number of rotatable bonds is 3. The van der Waals surface area contributed by atoms with Crippen LogP contribution in [0.1, 0.15) is 31.9 Å². The smallest absolute Gasteiger partial charge is 0.0880 e. The van der Waals surface area contributed by atoms with Crippen LogP contribution in [0.15, 0.2) is 91.1 Å². The molecule has 172 valence electrons. The highest BCUT2D eigenvalue weighted by atomic mass is 32.1. The second-order valence-corrected chi connectivity index (χ2v) is 12.2. The van der Waals surface area contributed by atoms with Crippen LogP contribution >= 0.6 is 22.7 Å². The third-order valence-corrected chi connectivity index (χ3v) is 9.31. The van der Waals surface area contributed by atoms with Crippen molar-refractivity contribution in [3.05, 3.63) is 102 Å². The molecule has 0 aliphatic carbocycles. The van der Waals surface area contributed by atoms with Gasteiger partial charge in [-0.3, -0.25) is 4.98 Å². The number of aryl methyl sites for hydroxylation is 1. The van der Waals surface area contributed by atoms with E-state index < -0.39 is 0 Å². The standard InChI is InChI=1S/C32H27NS2/c1-20-24-16-17-33-29(23-18-22-12-8-9-13-25(22)26(19-23)32(2,3)4)31(24)35-30(20)28-15-14-27(34-28)21-10-6-5-7-11-21/h5-19H,1-4H3. The van der Waals surface area contributed by atoms with Gasteiger partial charge in [-0.2, -0.15) is 0 Å². The van der Waals surface area contributed by atoms with E-state index in [2.05, 4.69) is 113 Å². The van der Waals surface area contributed by atoms with E-state index in [4.69, 9.17) is 4.98 Å². The normalized spacial score (nSPS) is 12.0. The summed E-state index contributed by atoms with van der Waals surface area (Å²) in [5.74, 6) is 0. The molecule has 0 N–H and O–H groups in total. The van der Waals surface area contributed by atoms with Gasteiger partial charge in [0.1, 0.15) is 0 Å². The van der Waals surface area contributed by atoms with E-state index >= 15 is 0 Å². The zero-order valence-electron chi connectivity index (χ0n) is 20.4. The molecule has 3 heteroatoms. The first kappa shape index (κ1) is 22.2. The number of fused-ring (bicyclic) bond motifs is 2. The van der Waals surface area contributed by atoms with Gasteiger partial charge in [0, 0.05) is 26.4 Å². The Labute approximate surface area is 214 Å². The molecular formula is C32H27NS2. The summed E-state index contributed by atoms with van der Waals surface area (Å²) < 4.78 is 1.27. The average Bonchev–Trinajstić information content (AvgIpc) is 3.48. The Balaban J connectivity index is 1.53. The Morgan fingerprint density at radius 2 is 1.43 bits per heavy atom. The molecule has 3 heterocycles. The van der Waals surface area contributed by atoms with Gasteiger partial charge in [-0.15, -0.1) is 22.7 Å². The Morgan fingerprint density at radius 1 is 0.686 bits per heavy atom. The predicted molar refractivity (Wildman–Crippen MR) is 155 cm³/mol. The molecule has 0 bridgehead atoms. The second kappa shape index (κ2) is 8.44. The minimum Gasteiger partial charge on any atom is -0.255 e. The summed E-state index contributed by atoms with van der Waals surface area (Å²) in [5.41, 5.74) is 6.30. The van der Waals surface area contributed by atoms with Crippen molar-refractivity contribution in [3.63, 3.8) is 0 Å². The fourth-order valence-corrected chi connectivity index (χ4v) is 7.37. The Morgan fingerprint density at radius 3 is 2.23 bits per heavy atom. The average molecular weight is 490 g/mol. The molecule has 0 aliphatic rings. The topological polar surface area (TPSA) is 12.9 Å². The lowest BCUT2D eigenvalue weighted by atomic mass is 9.82. The van der Waals surface area contributed by atoms with Crippen molar-refractivity contribution >= 4 is 43.5 Å². The first-order valence-electron chi connectivity index (χ1n) is 12.0. The van der Waals surface area contributed by atoms with Gasteiger partial charge >= 0.3 is 0 Å². The van der Waals surface area contributed by atoms with Gasteiger partial charge in [-0.05, 0) is 75.5 Å². The first-order valence-corrected chi connectivity index (χ1v) is 13.6. The van der Waals surface area contributed by atoms with Gasteiger partial charge in [0.15, 0.2) is 0 Å². The zero-order valence-corrected chi connectivity index (χ0v) is 22.1. The molecule has 0 fully saturated rings. The van der Waals surface area contributed by atoms with E-state index in [0.717, 1.165) is 5.69 Å². The number of hydrogen-bond acceptors (Lipinski definition) is 3. The zero-order chi connectivity index (χ0) is 24.2. The Bertz CT molecular complexity index is 1680. The van der Waals surface area contributed by atoms with Gasteiger partial charge in [-0.1, -0.05) is 75.4 Å². The fraction of sp³-hybridized carbons (Fsp3) is 0.156. The molecule has 0 atom stereocenters. The maximum absolute atomic E-state index is 4.92. The first-order chi connectivity index (χ1) is 16.9. The second-order valence-electron chi connectivity index (χ2n) is 10.1. The number of benzene rings is 3. The van der Waals surface area contributed by atoms with Crippen molar-refractivity contribution in [1.29, 1.82) is 0 Å². The van der Waals surface area contributed by atoms with Crippen molar-refractivity contribution in [1.82, 2.24) is 4.98 Å². The van der Waals surface area contributed by atoms with E-state index in [1.165, 1.54) is 57.7 Å². The highest BCUT2D eigenvalue weighted by Gasteiger charge is 2.21. The van der Waals surface area contributed by atoms with Crippen LogP contribution in [0, 0.1) is 6.92 Å². The van der Waals surface area contributed by atoms with Gasteiger partial charge in [-0.25, -0.2) is 0 Å². The number of nitrogens with zero attached hydrogens (tertiary/aromatic N) is 1. The summed E-state index contributed by atoms with van der Waals surface area (Å²) in [7, 11) is 0. The lowest BCUT2D eigenvalue weighted by molar-refractivity contribution is 0.596. The SMILES string of the molecule is Cc1c(-c2ccc(-c3ccccc3)s2)sc2c(-c3cc(C(C)(C)C)c4ccccc4c3)nccc12. The van der Waals surface area contributed by atoms with E-state index in [-0.39, 0.29) is 5.41 Å². The van der Waals surface area contributed by atoms with Gasteiger partial charge in [0.25, 0.3) is 0 Å². The molecule has 3 aromatic carbocycles. The van der Waals surface area contributed by atoms with Crippen LogP contribution in [-0.2, 0) is 5.41 Å². The highest BCUT2D eigenvalue weighted by Crippen LogP contribution is 2.46. The maximum atomic E-state index is 4.92. The van der Waals surface area contributed by atoms with Crippen LogP contribution in [0.2, 0.25) is 0 Å². The third-order valence-electron chi connectivity index (χ3n) is 6.68. The highest BCUT2D eigenvalue weighted by molar-refractivity contribution is 7.27. The molecule has 0 amide bonds. The van der Waals surface area contributed by atoms with E-state index in [9.17, 15) is 0 Å². The summed E-state index contributed by atoms with van der Waals surface area (Å²) in [4.78, 5) is 8.89.